The minimum absolute atomic E-state index is 0.181. The first kappa shape index (κ1) is 20.5. The first-order chi connectivity index (χ1) is 13.4. The Morgan fingerprint density at radius 3 is 2.21 bits per heavy atom. The van der Waals surface area contributed by atoms with E-state index in [0.717, 1.165) is 32.5 Å². The third-order valence-corrected chi connectivity index (χ3v) is 6.84. The van der Waals surface area contributed by atoms with Crippen LogP contribution in [0.5, 0.6) is 0 Å². The SMILES string of the molecule is CC(=O)Nc1ccc(S(=O)(=O)N2CCN(CCCc3ccccc3)CC2)cc1. The van der Waals surface area contributed by atoms with Crippen LogP contribution in [0.1, 0.15) is 18.9 Å². The van der Waals surface area contributed by atoms with Gasteiger partial charge in [-0.3, -0.25) is 4.79 Å². The van der Waals surface area contributed by atoms with Crippen LogP contribution in [0.15, 0.2) is 59.5 Å². The molecule has 0 bridgehead atoms. The second-order valence-electron chi connectivity index (χ2n) is 7.04. The minimum Gasteiger partial charge on any atom is -0.326 e. The van der Waals surface area contributed by atoms with Gasteiger partial charge < -0.3 is 10.2 Å². The van der Waals surface area contributed by atoms with Crippen molar-refractivity contribution in [3.05, 3.63) is 60.2 Å². The summed E-state index contributed by atoms with van der Waals surface area (Å²) in [5.41, 5.74) is 1.93. The average Bonchev–Trinajstić information content (AvgIpc) is 2.69. The molecule has 3 rings (SSSR count). The van der Waals surface area contributed by atoms with E-state index >= 15 is 0 Å². The van der Waals surface area contributed by atoms with Gasteiger partial charge in [-0.05, 0) is 49.2 Å². The van der Waals surface area contributed by atoms with E-state index in [1.54, 1.807) is 28.6 Å². The van der Waals surface area contributed by atoms with E-state index < -0.39 is 10.0 Å². The summed E-state index contributed by atoms with van der Waals surface area (Å²) < 4.78 is 27.2. The van der Waals surface area contributed by atoms with Gasteiger partial charge in [-0.2, -0.15) is 4.31 Å². The van der Waals surface area contributed by atoms with Gasteiger partial charge in [0.15, 0.2) is 0 Å². The number of carbonyl (C=O) groups is 1. The van der Waals surface area contributed by atoms with E-state index in [1.165, 1.54) is 12.5 Å². The van der Waals surface area contributed by atoms with Gasteiger partial charge in [-0.1, -0.05) is 30.3 Å². The molecule has 0 atom stereocenters. The lowest BCUT2D eigenvalue weighted by molar-refractivity contribution is -0.114. The molecule has 0 aromatic heterocycles. The van der Waals surface area contributed by atoms with Crippen molar-refractivity contribution >= 4 is 21.6 Å². The molecule has 1 amide bonds. The van der Waals surface area contributed by atoms with Crippen molar-refractivity contribution in [2.45, 2.75) is 24.7 Å². The summed E-state index contributed by atoms with van der Waals surface area (Å²) in [6.07, 6.45) is 2.11. The van der Waals surface area contributed by atoms with Gasteiger partial charge in [0.2, 0.25) is 15.9 Å². The van der Waals surface area contributed by atoms with Crippen molar-refractivity contribution in [2.75, 3.05) is 38.0 Å². The van der Waals surface area contributed by atoms with Gasteiger partial charge >= 0.3 is 0 Å². The highest BCUT2D eigenvalue weighted by Gasteiger charge is 2.28. The zero-order valence-corrected chi connectivity index (χ0v) is 17.0. The maximum atomic E-state index is 12.8. The molecule has 1 aliphatic rings. The van der Waals surface area contributed by atoms with Crippen LogP contribution in [0, 0.1) is 0 Å². The Morgan fingerprint density at radius 1 is 0.964 bits per heavy atom. The number of nitrogens with one attached hydrogen (secondary N) is 1. The molecular formula is C21H27N3O3S. The van der Waals surface area contributed by atoms with Crippen LogP contribution in [0.3, 0.4) is 0 Å². The van der Waals surface area contributed by atoms with E-state index in [9.17, 15) is 13.2 Å². The number of nitrogens with zero attached hydrogens (tertiary/aromatic N) is 2. The van der Waals surface area contributed by atoms with Crippen molar-refractivity contribution in [3.63, 3.8) is 0 Å². The lowest BCUT2D eigenvalue weighted by Gasteiger charge is -2.34. The van der Waals surface area contributed by atoms with Crippen LogP contribution < -0.4 is 5.32 Å². The molecule has 0 aliphatic carbocycles. The Kier molecular flexibility index (Phi) is 6.83. The molecule has 2 aromatic carbocycles. The van der Waals surface area contributed by atoms with E-state index in [0.29, 0.717) is 18.8 Å². The Morgan fingerprint density at radius 2 is 1.61 bits per heavy atom. The zero-order chi connectivity index (χ0) is 20.0. The number of anilines is 1. The lowest BCUT2D eigenvalue weighted by Crippen LogP contribution is -2.48. The predicted octanol–water partition coefficient (Wildman–Crippen LogP) is 2.58. The van der Waals surface area contributed by atoms with Crippen molar-refractivity contribution < 1.29 is 13.2 Å². The fraction of sp³-hybridized carbons (Fsp3) is 0.381. The summed E-state index contributed by atoms with van der Waals surface area (Å²) in [7, 11) is -3.50. The number of aryl methyl sites for hydroxylation is 1. The van der Waals surface area contributed by atoms with E-state index in [2.05, 4.69) is 34.5 Å². The number of hydrogen-bond acceptors (Lipinski definition) is 4. The summed E-state index contributed by atoms with van der Waals surface area (Å²) in [4.78, 5) is 13.7. The predicted molar refractivity (Wildman–Crippen MR) is 111 cm³/mol. The number of sulfonamides is 1. The number of benzene rings is 2. The van der Waals surface area contributed by atoms with E-state index in [4.69, 9.17) is 0 Å². The van der Waals surface area contributed by atoms with Gasteiger partial charge in [0.05, 0.1) is 4.90 Å². The van der Waals surface area contributed by atoms with Crippen LogP contribution in [0.2, 0.25) is 0 Å². The molecule has 1 saturated heterocycles. The molecule has 28 heavy (non-hydrogen) atoms. The molecule has 1 fully saturated rings. The van der Waals surface area contributed by atoms with E-state index in [1.807, 2.05) is 6.07 Å². The van der Waals surface area contributed by atoms with Crippen molar-refractivity contribution in [2.24, 2.45) is 0 Å². The average molecular weight is 402 g/mol. The summed E-state index contributed by atoms with van der Waals surface area (Å²) in [6, 6.07) is 16.8. The highest BCUT2D eigenvalue weighted by Crippen LogP contribution is 2.20. The number of rotatable bonds is 7. The maximum Gasteiger partial charge on any atom is 0.243 e. The normalized spacial score (nSPS) is 16.0. The monoisotopic (exact) mass is 401 g/mol. The molecule has 1 N–H and O–H groups in total. The van der Waals surface area contributed by atoms with Gasteiger partial charge in [0, 0.05) is 38.8 Å². The van der Waals surface area contributed by atoms with Crippen LogP contribution >= 0.6 is 0 Å². The maximum absolute atomic E-state index is 12.8. The summed E-state index contributed by atoms with van der Waals surface area (Å²) in [5, 5.41) is 2.65. The number of piperazine rings is 1. The largest absolute Gasteiger partial charge is 0.326 e. The highest BCUT2D eigenvalue weighted by molar-refractivity contribution is 7.89. The minimum atomic E-state index is -3.50. The fourth-order valence-electron chi connectivity index (χ4n) is 3.41. The molecule has 6 nitrogen and oxygen atoms in total. The highest BCUT2D eigenvalue weighted by atomic mass is 32.2. The van der Waals surface area contributed by atoms with Gasteiger partial charge in [0.25, 0.3) is 0 Å². The Labute approximate surface area is 167 Å². The Bertz CT molecular complexity index is 875. The molecule has 0 spiro atoms. The first-order valence-electron chi connectivity index (χ1n) is 9.59. The summed E-state index contributed by atoms with van der Waals surface area (Å²) in [6.45, 7) is 4.90. The van der Waals surface area contributed by atoms with Crippen molar-refractivity contribution in [3.8, 4) is 0 Å². The fourth-order valence-corrected chi connectivity index (χ4v) is 4.83. The van der Waals surface area contributed by atoms with Crippen LogP contribution in [0.4, 0.5) is 5.69 Å². The van der Waals surface area contributed by atoms with Gasteiger partial charge in [-0.25, -0.2) is 8.42 Å². The molecule has 0 radical (unpaired) electrons. The molecule has 0 saturated carbocycles. The zero-order valence-electron chi connectivity index (χ0n) is 16.2. The molecule has 1 heterocycles. The standard InChI is InChI=1S/C21H27N3O3S/c1-18(25)22-20-9-11-21(12-10-20)28(26,27)24-16-14-23(15-17-24)13-5-8-19-6-3-2-4-7-19/h2-4,6-7,9-12H,5,8,13-17H2,1H3,(H,22,25). The molecule has 0 unspecified atom stereocenters. The van der Waals surface area contributed by atoms with Gasteiger partial charge in [-0.15, -0.1) is 0 Å². The topological polar surface area (TPSA) is 69.7 Å². The number of hydrogen-bond donors (Lipinski definition) is 1. The third-order valence-electron chi connectivity index (χ3n) is 4.93. The molecule has 1 aliphatic heterocycles. The second-order valence-corrected chi connectivity index (χ2v) is 8.98. The quantitative estimate of drug-likeness (QED) is 0.774. The third kappa shape index (κ3) is 5.41. The lowest BCUT2D eigenvalue weighted by atomic mass is 10.1. The van der Waals surface area contributed by atoms with Crippen molar-refractivity contribution in [1.29, 1.82) is 0 Å². The molecule has 2 aromatic rings. The summed E-state index contributed by atoms with van der Waals surface area (Å²) >= 11 is 0. The number of carbonyl (C=O) groups excluding carboxylic acids is 1. The summed E-state index contributed by atoms with van der Waals surface area (Å²) in [5.74, 6) is -0.181. The Hall–Kier alpha value is -2.22. The van der Waals surface area contributed by atoms with Crippen LogP contribution in [-0.4, -0.2) is 56.3 Å². The van der Waals surface area contributed by atoms with E-state index in [-0.39, 0.29) is 10.8 Å². The van der Waals surface area contributed by atoms with Crippen molar-refractivity contribution in [1.82, 2.24) is 9.21 Å². The van der Waals surface area contributed by atoms with Crippen LogP contribution in [0.25, 0.3) is 0 Å². The first-order valence-corrected chi connectivity index (χ1v) is 11.0. The smallest absolute Gasteiger partial charge is 0.243 e. The second kappa shape index (κ2) is 9.32. The van der Waals surface area contributed by atoms with Crippen LogP contribution in [-0.2, 0) is 21.2 Å². The van der Waals surface area contributed by atoms with Gasteiger partial charge in [0.1, 0.15) is 0 Å². The molecular weight excluding hydrogens is 374 g/mol. The number of amides is 1. The molecule has 150 valence electrons. The molecule has 7 heteroatoms. The Balaban J connectivity index is 1.49.